The number of aliphatic imine (C=N–C) groups is 1. The van der Waals surface area contributed by atoms with E-state index in [4.69, 9.17) is 9.41 Å². The van der Waals surface area contributed by atoms with Crippen molar-refractivity contribution in [1.29, 1.82) is 5.26 Å². The molecule has 2 unspecified atom stereocenters. The molecule has 52 heavy (non-hydrogen) atoms. The molecule has 2 N–H and O–H groups in total. The molecule has 0 bridgehead atoms. The average molecular weight is 670 g/mol. The van der Waals surface area contributed by atoms with Gasteiger partial charge < -0.3 is 14.3 Å². The van der Waals surface area contributed by atoms with Crippen molar-refractivity contribution in [3.05, 3.63) is 186 Å². The molecular formula is C46H31N5O. The minimum Gasteiger partial charge on any atom is -0.455 e. The van der Waals surface area contributed by atoms with Crippen molar-refractivity contribution in [2.24, 2.45) is 4.99 Å². The van der Waals surface area contributed by atoms with E-state index in [1.54, 1.807) is 0 Å². The first kappa shape index (κ1) is 29.9. The van der Waals surface area contributed by atoms with Gasteiger partial charge in [0.1, 0.15) is 29.3 Å². The van der Waals surface area contributed by atoms with Crippen LogP contribution >= 0.6 is 0 Å². The predicted molar refractivity (Wildman–Crippen MR) is 209 cm³/mol. The number of nitriles is 1. The topological polar surface area (TPSA) is 78.3 Å². The van der Waals surface area contributed by atoms with E-state index < -0.39 is 0 Å². The second-order valence-electron chi connectivity index (χ2n) is 13.2. The van der Waals surface area contributed by atoms with Crippen LogP contribution in [0.2, 0.25) is 0 Å². The number of amidine groups is 1. The number of nitrogens with zero attached hydrogens (tertiary/aromatic N) is 3. The summed E-state index contributed by atoms with van der Waals surface area (Å²) in [5, 5.41) is 21.5. The third-order valence-corrected chi connectivity index (χ3v) is 10.1. The first-order valence-electron chi connectivity index (χ1n) is 17.4. The highest BCUT2D eigenvalue weighted by Gasteiger charge is 2.25. The molecule has 2 aromatic heterocycles. The number of benzene rings is 7. The van der Waals surface area contributed by atoms with Gasteiger partial charge in [0.25, 0.3) is 0 Å². The number of nitrogens with one attached hydrogen (secondary N) is 2. The number of para-hydroxylation sites is 2. The lowest BCUT2D eigenvalue weighted by Crippen LogP contribution is -2.44. The normalized spacial score (nSPS) is 15.9. The van der Waals surface area contributed by atoms with Gasteiger partial charge in [0.15, 0.2) is 0 Å². The van der Waals surface area contributed by atoms with Crippen LogP contribution in [0, 0.1) is 11.3 Å². The fourth-order valence-corrected chi connectivity index (χ4v) is 7.61. The lowest BCUT2D eigenvalue weighted by Gasteiger charge is -2.32. The molecule has 0 spiro atoms. The van der Waals surface area contributed by atoms with Gasteiger partial charge in [-0.3, -0.25) is 5.32 Å². The fourth-order valence-electron chi connectivity index (χ4n) is 7.61. The van der Waals surface area contributed by atoms with Crippen molar-refractivity contribution in [3.8, 4) is 22.9 Å². The van der Waals surface area contributed by atoms with Crippen molar-refractivity contribution in [2.75, 3.05) is 0 Å². The smallest absolute Gasteiger partial charge is 0.143 e. The Morgan fingerprint density at radius 3 is 2.12 bits per heavy atom. The van der Waals surface area contributed by atoms with Crippen molar-refractivity contribution >= 4 is 49.6 Å². The molecule has 3 heterocycles. The molecule has 2 atom stereocenters. The lowest BCUT2D eigenvalue weighted by atomic mass is 10.00. The summed E-state index contributed by atoms with van der Waals surface area (Å²) in [6.45, 7) is 0. The van der Waals surface area contributed by atoms with Crippen molar-refractivity contribution in [2.45, 2.75) is 12.3 Å². The molecule has 0 saturated carbocycles. The van der Waals surface area contributed by atoms with Gasteiger partial charge >= 0.3 is 0 Å². The second kappa shape index (κ2) is 12.1. The van der Waals surface area contributed by atoms with Crippen molar-refractivity contribution in [1.82, 2.24) is 15.2 Å². The Hall–Kier alpha value is -6.94. The zero-order chi connectivity index (χ0) is 34.6. The Bertz CT molecular complexity index is 2860. The summed E-state index contributed by atoms with van der Waals surface area (Å²) in [7, 11) is 0. The number of fused-ring (bicyclic) bond motifs is 6. The molecule has 0 radical (unpaired) electrons. The first-order chi connectivity index (χ1) is 25.7. The predicted octanol–water partition coefficient (Wildman–Crippen LogP) is 10.6. The number of hydrogen-bond acceptors (Lipinski definition) is 5. The molecule has 246 valence electrons. The van der Waals surface area contributed by atoms with E-state index in [0.29, 0.717) is 5.56 Å². The summed E-state index contributed by atoms with van der Waals surface area (Å²) in [6, 6.07) is 58.7. The summed E-state index contributed by atoms with van der Waals surface area (Å²) in [6.07, 6.45) is -0.361. The Balaban J connectivity index is 1.06. The van der Waals surface area contributed by atoms with Gasteiger partial charge in [-0.2, -0.15) is 5.26 Å². The molecule has 0 saturated heterocycles. The molecule has 0 fully saturated rings. The average Bonchev–Trinajstić information content (AvgIpc) is 3.76. The van der Waals surface area contributed by atoms with Gasteiger partial charge in [-0.15, -0.1) is 0 Å². The number of furan rings is 1. The molecule has 7 aromatic carbocycles. The number of rotatable bonds is 5. The highest BCUT2D eigenvalue weighted by molar-refractivity contribution is 6.13. The summed E-state index contributed by atoms with van der Waals surface area (Å²) in [5.41, 5.74) is 10.9. The third kappa shape index (κ3) is 4.95. The lowest BCUT2D eigenvalue weighted by molar-refractivity contribution is 0.409. The van der Waals surface area contributed by atoms with E-state index in [1.165, 1.54) is 0 Å². The molecule has 9 aromatic rings. The largest absolute Gasteiger partial charge is 0.455 e. The maximum atomic E-state index is 9.86. The second-order valence-corrected chi connectivity index (χ2v) is 13.2. The maximum Gasteiger partial charge on any atom is 0.143 e. The molecule has 1 aliphatic heterocycles. The van der Waals surface area contributed by atoms with Gasteiger partial charge in [0.05, 0.1) is 22.7 Å². The van der Waals surface area contributed by atoms with Crippen LogP contribution in [-0.4, -0.2) is 10.4 Å². The van der Waals surface area contributed by atoms with Crippen LogP contribution in [0.25, 0.3) is 60.6 Å². The zero-order valence-electron chi connectivity index (χ0n) is 28.0. The van der Waals surface area contributed by atoms with Crippen LogP contribution in [-0.2, 0) is 0 Å². The molecule has 1 aliphatic rings. The standard InChI is InChI=1S/C46H31N5O/c47-28-29-18-24-40-38(26-29)39-27-33(35-15-9-16-37-36-14-7-8-17-42(36)52-43(35)37)21-25-41(39)51(40)34-22-19-32(20-23-34)46-49-44(30-10-3-1-4-11-30)48-45(50-46)31-12-5-2-6-13-31/h1-27,44,46,49H,(H,48,50). The quantitative estimate of drug-likeness (QED) is 0.191. The van der Waals surface area contributed by atoms with E-state index in [-0.39, 0.29) is 12.3 Å². The van der Waals surface area contributed by atoms with Crippen molar-refractivity contribution < 1.29 is 4.42 Å². The Morgan fingerprint density at radius 1 is 0.596 bits per heavy atom. The number of aromatic nitrogens is 1. The minimum absolute atomic E-state index is 0.160. The summed E-state index contributed by atoms with van der Waals surface area (Å²) in [4.78, 5) is 5.06. The molecule has 6 nitrogen and oxygen atoms in total. The van der Waals surface area contributed by atoms with Gasteiger partial charge in [-0.25, -0.2) is 4.99 Å². The minimum atomic E-state index is -0.200. The third-order valence-electron chi connectivity index (χ3n) is 10.1. The summed E-state index contributed by atoms with van der Waals surface area (Å²) >= 11 is 0. The molecule has 10 rings (SSSR count). The fraction of sp³-hybridized carbons (Fsp3) is 0.0435. The molecule has 0 aliphatic carbocycles. The van der Waals surface area contributed by atoms with Crippen LogP contribution < -0.4 is 10.6 Å². The van der Waals surface area contributed by atoms with E-state index >= 15 is 0 Å². The van der Waals surface area contributed by atoms with Crippen LogP contribution in [0.1, 0.15) is 34.6 Å². The Kier molecular flexibility index (Phi) is 6.98. The zero-order valence-corrected chi connectivity index (χ0v) is 28.0. The molecule has 6 heteroatoms. The summed E-state index contributed by atoms with van der Waals surface area (Å²) in [5.74, 6) is 0.854. The van der Waals surface area contributed by atoms with Crippen LogP contribution in [0.4, 0.5) is 0 Å². The molecule has 0 amide bonds. The van der Waals surface area contributed by atoms with E-state index in [1.807, 2.05) is 66.7 Å². The first-order valence-corrected chi connectivity index (χ1v) is 17.4. The van der Waals surface area contributed by atoms with E-state index in [0.717, 1.165) is 83.1 Å². The van der Waals surface area contributed by atoms with Gasteiger partial charge in [0, 0.05) is 38.4 Å². The number of hydrogen-bond donors (Lipinski definition) is 2. The van der Waals surface area contributed by atoms with Crippen LogP contribution in [0.3, 0.4) is 0 Å². The SMILES string of the molecule is N#Cc1ccc2c(c1)c1cc(-c3cccc4c3oc3ccccc34)ccc1n2-c1ccc(C2NC(c3ccccc3)=NC(c3ccccc3)N2)cc1. The van der Waals surface area contributed by atoms with Crippen molar-refractivity contribution in [3.63, 3.8) is 0 Å². The van der Waals surface area contributed by atoms with Crippen LogP contribution in [0.15, 0.2) is 173 Å². The van der Waals surface area contributed by atoms with Gasteiger partial charge in [-0.1, -0.05) is 115 Å². The maximum absolute atomic E-state index is 9.86. The molecular weight excluding hydrogens is 639 g/mol. The Labute approximate surface area is 299 Å². The highest BCUT2D eigenvalue weighted by atomic mass is 16.3. The van der Waals surface area contributed by atoms with Gasteiger partial charge in [-0.05, 0) is 65.2 Å². The van der Waals surface area contributed by atoms with Gasteiger partial charge in [0.2, 0.25) is 0 Å². The van der Waals surface area contributed by atoms with Crippen LogP contribution in [0.5, 0.6) is 0 Å². The van der Waals surface area contributed by atoms with E-state index in [2.05, 4.69) is 118 Å². The summed E-state index contributed by atoms with van der Waals surface area (Å²) < 4.78 is 8.69. The highest BCUT2D eigenvalue weighted by Crippen LogP contribution is 2.39. The van der Waals surface area contributed by atoms with E-state index in [9.17, 15) is 5.26 Å². The monoisotopic (exact) mass is 669 g/mol. The Morgan fingerprint density at radius 2 is 1.31 bits per heavy atom.